The molecule has 32 heavy (non-hydrogen) atoms. The molecular formula is C19H24N4O7S2. The molecule has 0 spiro atoms. The summed E-state index contributed by atoms with van der Waals surface area (Å²) in [6, 6.07) is 5.60. The molecule has 174 valence electrons. The lowest BCUT2D eigenvalue weighted by Crippen LogP contribution is -2.27. The maximum Gasteiger partial charge on any atom is 0.280 e. The summed E-state index contributed by atoms with van der Waals surface area (Å²) in [6.07, 6.45) is 1.98. The predicted octanol–water partition coefficient (Wildman–Crippen LogP) is 0.708. The second-order valence-corrected chi connectivity index (χ2v) is 9.58. The van der Waals surface area contributed by atoms with Gasteiger partial charge in [-0.3, -0.25) is 10.1 Å². The van der Waals surface area contributed by atoms with E-state index in [1.165, 1.54) is 35.6 Å². The number of carbonyl (C=O) groups is 1. The zero-order valence-corrected chi connectivity index (χ0v) is 18.9. The van der Waals surface area contributed by atoms with E-state index in [4.69, 9.17) is 19.4 Å². The van der Waals surface area contributed by atoms with Crippen molar-refractivity contribution in [2.75, 3.05) is 38.8 Å². The van der Waals surface area contributed by atoms with Gasteiger partial charge in [-0.1, -0.05) is 28.6 Å². The van der Waals surface area contributed by atoms with E-state index in [9.17, 15) is 13.2 Å². The van der Waals surface area contributed by atoms with E-state index < -0.39 is 15.9 Å². The average molecular weight is 485 g/mol. The van der Waals surface area contributed by atoms with Crippen molar-refractivity contribution in [1.82, 2.24) is 9.71 Å². The van der Waals surface area contributed by atoms with Crippen LogP contribution in [-0.2, 0) is 35.7 Å². The average Bonchev–Trinajstić information content (AvgIpc) is 3.45. The first-order chi connectivity index (χ1) is 15.4. The van der Waals surface area contributed by atoms with E-state index in [0.717, 1.165) is 4.88 Å². The number of thiazole rings is 1. The van der Waals surface area contributed by atoms with Gasteiger partial charge in [-0.15, -0.1) is 0 Å². The van der Waals surface area contributed by atoms with E-state index in [-0.39, 0.29) is 29.9 Å². The lowest BCUT2D eigenvalue weighted by Gasteiger charge is -2.10. The van der Waals surface area contributed by atoms with Crippen LogP contribution in [0.5, 0.6) is 0 Å². The van der Waals surface area contributed by atoms with Crippen molar-refractivity contribution in [2.24, 2.45) is 5.16 Å². The molecular weight excluding hydrogens is 460 g/mol. The normalized spacial score (nSPS) is 16.8. The summed E-state index contributed by atoms with van der Waals surface area (Å²) in [6.45, 7) is 0.879. The van der Waals surface area contributed by atoms with Crippen LogP contribution < -0.4 is 10.0 Å². The second-order valence-electron chi connectivity index (χ2n) is 6.70. The smallest absolute Gasteiger partial charge is 0.280 e. The largest absolute Gasteiger partial charge is 0.395 e. The molecule has 11 nitrogen and oxygen atoms in total. The molecule has 1 fully saturated rings. The van der Waals surface area contributed by atoms with Gasteiger partial charge in [0.1, 0.15) is 0 Å². The number of aliphatic hydroxyl groups is 1. The minimum absolute atomic E-state index is 0.0105. The molecule has 0 saturated carbocycles. The van der Waals surface area contributed by atoms with Crippen LogP contribution in [0.15, 0.2) is 40.5 Å². The molecule has 1 aliphatic rings. The van der Waals surface area contributed by atoms with Gasteiger partial charge in [-0.25, -0.2) is 18.1 Å². The molecule has 2 aromatic rings. The number of benzene rings is 1. The molecule has 1 saturated heterocycles. The van der Waals surface area contributed by atoms with Crippen molar-refractivity contribution in [1.29, 1.82) is 0 Å². The fourth-order valence-electron chi connectivity index (χ4n) is 2.73. The van der Waals surface area contributed by atoms with E-state index in [1.54, 1.807) is 13.3 Å². The Balaban J connectivity index is 1.81. The van der Waals surface area contributed by atoms with Crippen LogP contribution in [0.2, 0.25) is 0 Å². The number of sulfonamides is 1. The van der Waals surface area contributed by atoms with E-state index >= 15 is 0 Å². The number of aromatic nitrogens is 1. The highest BCUT2D eigenvalue weighted by Gasteiger charge is 2.22. The number of oxime groups is 1. The summed E-state index contributed by atoms with van der Waals surface area (Å²) in [5, 5.41) is 15.9. The quantitative estimate of drug-likeness (QED) is 0.312. The maximum absolute atomic E-state index is 12.9. The van der Waals surface area contributed by atoms with E-state index in [1.807, 2.05) is 0 Å². The summed E-state index contributed by atoms with van der Waals surface area (Å²) in [5.74, 6) is -0.559. The molecule has 13 heteroatoms. The fourth-order valence-corrected chi connectivity index (χ4v) is 4.54. The van der Waals surface area contributed by atoms with Crippen molar-refractivity contribution in [3.8, 4) is 0 Å². The van der Waals surface area contributed by atoms with Crippen LogP contribution in [0.4, 0.5) is 5.13 Å². The monoisotopic (exact) mass is 484 g/mol. The zero-order chi connectivity index (χ0) is 23.0. The SMILES string of the molecule is COCc1cnc(NC(=O)/C(=N/O[C@@H]2CCOC2)c2ccc(S(=O)(=O)NCCO)cc2)s1. The van der Waals surface area contributed by atoms with Crippen molar-refractivity contribution in [2.45, 2.75) is 24.0 Å². The van der Waals surface area contributed by atoms with Crippen LogP contribution in [-0.4, -0.2) is 69.7 Å². The number of rotatable bonds is 11. The number of nitrogens with one attached hydrogen (secondary N) is 2. The molecule has 3 N–H and O–H groups in total. The van der Waals surface area contributed by atoms with Gasteiger partial charge < -0.3 is 19.4 Å². The summed E-state index contributed by atoms with van der Waals surface area (Å²) in [5.41, 5.74) is 0.323. The van der Waals surface area contributed by atoms with E-state index in [0.29, 0.717) is 36.9 Å². The first kappa shape index (κ1) is 24.2. The number of nitrogens with zero attached hydrogens (tertiary/aromatic N) is 2. The van der Waals surface area contributed by atoms with Gasteiger partial charge in [0.15, 0.2) is 16.9 Å². The second kappa shape index (κ2) is 11.4. The van der Waals surface area contributed by atoms with Crippen LogP contribution >= 0.6 is 11.3 Å². The Labute approximate surface area is 189 Å². The molecule has 0 aliphatic carbocycles. The first-order valence-corrected chi connectivity index (χ1v) is 12.0. The van der Waals surface area contributed by atoms with Gasteiger partial charge in [0.05, 0.1) is 36.2 Å². The van der Waals surface area contributed by atoms with Gasteiger partial charge in [0.25, 0.3) is 5.91 Å². The highest BCUT2D eigenvalue weighted by molar-refractivity contribution is 7.89. The molecule has 3 rings (SSSR count). The molecule has 0 bridgehead atoms. The van der Waals surface area contributed by atoms with Crippen molar-refractivity contribution in [3.05, 3.63) is 40.9 Å². The minimum atomic E-state index is -3.78. The number of hydrogen-bond acceptors (Lipinski definition) is 10. The van der Waals surface area contributed by atoms with Gasteiger partial charge in [-0.2, -0.15) is 0 Å². The van der Waals surface area contributed by atoms with Crippen LogP contribution in [0.3, 0.4) is 0 Å². The third kappa shape index (κ3) is 6.54. The number of aliphatic hydroxyl groups excluding tert-OH is 1. The van der Waals surface area contributed by atoms with Crippen molar-refractivity contribution < 1.29 is 32.6 Å². The molecule has 1 aromatic heterocycles. The Morgan fingerprint density at radius 3 is 2.81 bits per heavy atom. The Kier molecular flexibility index (Phi) is 8.67. The van der Waals surface area contributed by atoms with Gasteiger partial charge >= 0.3 is 0 Å². The molecule has 1 aliphatic heterocycles. The Hall–Kier alpha value is -2.42. The summed E-state index contributed by atoms with van der Waals surface area (Å²) < 4.78 is 37.0. The van der Waals surface area contributed by atoms with Gasteiger partial charge in [0, 0.05) is 31.8 Å². The molecule has 1 aromatic carbocycles. The highest BCUT2D eigenvalue weighted by Crippen LogP contribution is 2.20. The molecule has 0 unspecified atom stereocenters. The Morgan fingerprint density at radius 2 is 2.16 bits per heavy atom. The summed E-state index contributed by atoms with van der Waals surface area (Å²) >= 11 is 1.26. The Bertz CT molecular complexity index is 1030. The maximum atomic E-state index is 12.9. The zero-order valence-electron chi connectivity index (χ0n) is 17.3. The predicted molar refractivity (Wildman–Crippen MR) is 117 cm³/mol. The summed E-state index contributed by atoms with van der Waals surface area (Å²) in [4.78, 5) is 23.4. The molecule has 0 radical (unpaired) electrons. The summed E-state index contributed by atoms with van der Waals surface area (Å²) in [7, 11) is -2.21. The highest BCUT2D eigenvalue weighted by atomic mass is 32.2. The first-order valence-electron chi connectivity index (χ1n) is 9.70. The van der Waals surface area contributed by atoms with Crippen LogP contribution in [0.1, 0.15) is 16.9 Å². The van der Waals surface area contributed by atoms with E-state index in [2.05, 4.69) is 20.2 Å². The van der Waals surface area contributed by atoms with Crippen LogP contribution in [0.25, 0.3) is 0 Å². The fraction of sp³-hybridized carbons (Fsp3) is 0.421. The van der Waals surface area contributed by atoms with Gasteiger partial charge in [0.2, 0.25) is 10.0 Å². The van der Waals surface area contributed by atoms with Gasteiger partial charge in [-0.05, 0) is 12.1 Å². The molecule has 2 heterocycles. The third-order valence-corrected chi connectivity index (χ3v) is 6.66. The molecule has 1 atom stereocenters. The molecule has 1 amide bonds. The number of anilines is 1. The minimum Gasteiger partial charge on any atom is -0.395 e. The standard InChI is InChI=1S/C19H24N4O7S2/c1-28-12-15-10-20-19(31-15)22-18(25)17(23-30-14-6-9-29-11-14)13-2-4-16(5-3-13)32(26,27)21-7-8-24/h2-5,10,14,21,24H,6-9,11-12H2,1H3,(H,20,22,25)/b23-17+/t14-/m1/s1. The van der Waals surface area contributed by atoms with Crippen LogP contribution in [0, 0.1) is 0 Å². The Morgan fingerprint density at radius 1 is 1.38 bits per heavy atom. The lowest BCUT2D eigenvalue weighted by molar-refractivity contribution is -0.110. The number of hydrogen-bond donors (Lipinski definition) is 3. The number of amides is 1. The number of methoxy groups -OCH3 is 1. The van der Waals surface area contributed by atoms with Crippen molar-refractivity contribution in [3.63, 3.8) is 0 Å². The lowest BCUT2D eigenvalue weighted by atomic mass is 10.1. The van der Waals surface area contributed by atoms with Crippen molar-refractivity contribution >= 4 is 38.1 Å². The number of carbonyl (C=O) groups excluding carboxylic acids is 1. The number of ether oxygens (including phenoxy) is 2. The third-order valence-electron chi connectivity index (χ3n) is 4.30. The topological polar surface area (TPSA) is 148 Å².